The van der Waals surface area contributed by atoms with Crippen LogP contribution < -0.4 is 9.47 Å². The number of carbonyl (C=O) groups is 2. The van der Waals surface area contributed by atoms with Crippen LogP contribution >= 0.6 is 0 Å². The van der Waals surface area contributed by atoms with E-state index in [-0.39, 0.29) is 57.5 Å². The molecule has 7 rings (SSSR count). The highest BCUT2D eigenvalue weighted by Gasteiger charge is 2.51. The maximum absolute atomic E-state index is 13.3. The first-order valence-corrected chi connectivity index (χ1v) is 18.7. The number of ether oxygens (including phenoxy) is 3. The van der Waals surface area contributed by atoms with Gasteiger partial charge in [0.05, 0.1) is 52.1 Å². The zero-order valence-corrected chi connectivity index (χ0v) is 33.0. The number of nitro groups is 2. The molecule has 6 aromatic rings. The molecule has 0 spiro atoms. The number of carbonyl (C=O) groups excluding carboxylic acids is 2. The van der Waals surface area contributed by atoms with E-state index in [1.807, 2.05) is 65.8 Å². The second-order valence-corrected chi connectivity index (χ2v) is 14.8. The van der Waals surface area contributed by atoms with Gasteiger partial charge < -0.3 is 28.5 Å². The molecule has 0 aliphatic carbocycles. The van der Waals surface area contributed by atoms with E-state index in [1.165, 1.54) is 26.0 Å². The van der Waals surface area contributed by atoms with Crippen LogP contribution in [-0.2, 0) is 33.1 Å². The molecule has 0 saturated carbocycles. The molecule has 300 valence electrons. The molecule has 15 heteroatoms. The van der Waals surface area contributed by atoms with E-state index in [2.05, 4.69) is 0 Å². The maximum atomic E-state index is 13.3. The molecule has 0 bridgehead atoms. The molecule has 2 atom stereocenters. The molecule has 1 saturated heterocycles. The van der Waals surface area contributed by atoms with E-state index in [0.717, 1.165) is 5.56 Å². The number of phenols is 1. The standard InChI is InChI=1S/C43H43N5O10/c1-25-9-14-31(15-10-25)46-26(2)41(48(54)55)40-34(22-38(58-28(4)50)35(42(40)46)23-57-27(3)49)37-20-29-11-16-32(51)21-36(29)45(37)24-44-19-7-8-39(47(52)53)43(44,5)30-12-17-33(56-6)18-13-30/h9-18,20-22,39,51H,7-8,19,23-24H2,1-6H3. The lowest BCUT2D eigenvalue weighted by Crippen LogP contribution is -2.58. The maximum Gasteiger partial charge on any atom is 0.308 e. The summed E-state index contributed by atoms with van der Waals surface area (Å²) in [7, 11) is 1.55. The lowest BCUT2D eigenvalue weighted by Gasteiger charge is -2.46. The Morgan fingerprint density at radius 3 is 2.28 bits per heavy atom. The molecule has 0 radical (unpaired) electrons. The molecule has 1 aliphatic rings. The number of methoxy groups -OCH3 is 1. The Morgan fingerprint density at radius 1 is 0.948 bits per heavy atom. The van der Waals surface area contributed by atoms with Crippen molar-refractivity contribution in [3.05, 3.63) is 121 Å². The van der Waals surface area contributed by atoms with Crippen LogP contribution in [0.15, 0.2) is 78.9 Å². The molecule has 1 aliphatic heterocycles. The fourth-order valence-electron chi connectivity index (χ4n) is 8.45. The van der Waals surface area contributed by atoms with Gasteiger partial charge in [0.25, 0.3) is 5.69 Å². The molecule has 1 N–H and O–H groups in total. The molecule has 4 aromatic carbocycles. The highest BCUT2D eigenvalue weighted by molar-refractivity contribution is 6.08. The summed E-state index contributed by atoms with van der Waals surface area (Å²) in [6.07, 6.45) is 0.854. The Kier molecular flexibility index (Phi) is 10.4. The number of aromatic nitrogens is 2. The van der Waals surface area contributed by atoms with Crippen LogP contribution in [0.5, 0.6) is 17.2 Å². The molecule has 15 nitrogen and oxygen atoms in total. The number of aryl methyl sites for hydroxylation is 1. The summed E-state index contributed by atoms with van der Waals surface area (Å²) in [4.78, 5) is 52.4. The van der Waals surface area contributed by atoms with Gasteiger partial charge in [0.2, 0.25) is 6.04 Å². The van der Waals surface area contributed by atoms with Crippen molar-refractivity contribution in [2.75, 3.05) is 13.7 Å². The van der Waals surface area contributed by atoms with Gasteiger partial charge in [-0.05, 0) is 81.3 Å². The number of piperidine rings is 1. The number of hydrogen-bond acceptors (Lipinski definition) is 11. The second kappa shape index (κ2) is 15.3. The van der Waals surface area contributed by atoms with Crippen LogP contribution in [0.2, 0.25) is 0 Å². The molecule has 58 heavy (non-hydrogen) atoms. The lowest BCUT2D eigenvalue weighted by atomic mass is 9.78. The largest absolute Gasteiger partial charge is 0.508 e. The Labute approximate surface area is 333 Å². The van der Waals surface area contributed by atoms with Crippen LogP contribution in [0, 0.1) is 34.1 Å². The summed E-state index contributed by atoms with van der Waals surface area (Å²) in [5.74, 6) is -0.700. The number of likely N-dealkylation sites (tertiary alicyclic amines) is 1. The summed E-state index contributed by atoms with van der Waals surface area (Å²) in [6.45, 7) is 8.01. The fourth-order valence-corrected chi connectivity index (χ4v) is 8.45. The first-order chi connectivity index (χ1) is 27.6. The number of nitrogens with zero attached hydrogens (tertiary/aromatic N) is 5. The van der Waals surface area contributed by atoms with E-state index in [1.54, 1.807) is 42.9 Å². The van der Waals surface area contributed by atoms with Gasteiger partial charge in [0, 0.05) is 54.4 Å². The van der Waals surface area contributed by atoms with Crippen LogP contribution in [0.3, 0.4) is 0 Å². The first kappa shape index (κ1) is 39.5. The molecule has 1 fully saturated rings. The molecule has 0 amide bonds. The highest BCUT2D eigenvalue weighted by atomic mass is 16.6. The molecular formula is C43H43N5O10. The summed E-state index contributed by atoms with van der Waals surface area (Å²) >= 11 is 0. The zero-order valence-electron chi connectivity index (χ0n) is 33.0. The van der Waals surface area contributed by atoms with E-state index < -0.39 is 28.4 Å². The van der Waals surface area contributed by atoms with Crippen molar-refractivity contribution in [1.82, 2.24) is 14.0 Å². The van der Waals surface area contributed by atoms with Crippen molar-refractivity contribution >= 4 is 39.4 Å². The third-order valence-corrected chi connectivity index (χ3v) is 11.3. The number of hydrogen-bond donors (Lipinski definition) is 1. The normalized spacial score (nSPS) is 17.0. The van der Waals surface area contributed by atoms with E-state index in [4.69, 9.17) is 14.2 Å². The summed E-state index contributed by atoms with van der Waals surface area (Å²) in [5.41, 5.74) is 2.98. The van der Waals surface area contributed by atoms with Crippen molar-refractivity contribution in [2.24, 2.45) is 0 Å². The second-order valence-electron chi connectivity index (χ2n) is 14.8. The van der Waals surface area contributed by atoms with Gasteiger partial charge in [-0.2, -0.15) is 0 Å². The number of rotatable bonds is 11. The van der Waals surface area contributed by atoms with Crippen LogP contribution in [0.25, 0.3) is 38.8 Å². The Bertz CT molecular complexity index is 2610. The van der Waals surface area contributed by atoms with Gasteiger partial charge >= 0.3 is 11.9 Å². The van der Waals surface area contributed by atoms with Gasteiger partial charge in [0.15, 0.2) is 0 Å². The average molecular weight is 790 g/mol. The predicted octanol–water partition coefficient (Wildman–Crippen LogP) is 8.09. The minimum atomic E-state index is -1.14. The van der Waals surface area contributed by atoms with Crippen LogP contribution in [-0.4, -0.2) is 60.6 Å². The number of esters is 2. The van der Waals surface area contributed by atoms with Gasteiger partial charge in [-0.1, -0.05) is 29.8 Å². The third kappa shape index (κ3) is 6.87. The number of fused-ring (bicyclic) bond motifs is 2. The van der Waals surface area contributed by atoms with Crippen molar-refractivity contribution < 1.29 is 38.8 Å². The van der Waals surface area contributed by atoms with Crippen molar-refractivity contribution in [1.29, 1.82) is 0 Å². The minimum Gasteiger partial charge on any atom is -0.508 e. The van der Waals surface area contributed by atoms with E-state index >= 15 is 0 Å². The van der Waals surface area contributed by atoms with Gasteiger partial charge in [-0.15, -0.1) is 0 Å². The molecule has 2 aromatic heterocycles. The monoisotopic (exact) mass is 789 g/mol. The first-order valence-electron chi connectivity index (χ1n) is 18.7. The van der Waals surface area contributed by atoms with Crippen molar-refractivity contribution in [3.8, 4) is 34.2 Å². The van der Waals surface area contributed by atoms with Gasteiger partial charge in [0.1, 0.15) is 29.4 Å². The van der Waals surface area contributed by atoms with Crippen LogP contribution in [0.4, 0.5) is 5.69 Å². The minimum absolute atomic E-state index is 0.0196. The highest BCUT2D eigenvalue weighted by Crippen LogP contribution is 2.48. The Hall–Kier alpha value is -6.74. The van der Waals surface area contributed by atoms with Gasteiger partial charge in [-0.3, -0.25) is 34.7 Å². The molecule has 2 unspecified atom stereocenters. The van der Waals surface area contributed by atoms with E-state index in [9.17, 15) is 34.9 Å². The quantitative estimate of drug-likeness (QED) is 0.0580. The van der Waals surface area contributed by atoms with Crippen molar-refractivity contribution in [2.45, 2.75) is 72.3 Å². The number of benzene rings is 4. The molecular weight excluding hydrogens is 746 g/mol. The Morgan fingerprint density at radius 2 is 1.66 bits per heavy atom. The Balaban J connectivity index is 1.57. The lowest BCUT2D eigenvalue weighted by molar-refractivity contribution is -0.546. The third-order valence-electron chi connectivity index (χ3n) is 11.3. The molecule has 3 heterocycles. The summed E-state index contributed by atoms with van der Waals surface area (Å²) < 4.78 is 20.3. The SMILES string of the molecule is COc1ccc(C2(C)C([N+](=O)[O-])CCCN2Cn2c(-c3cc(OC(C)=O)c(COC(C)=O)c4c3c([N+](=O)[O-])c(C)n4-c3ccc(C)cc3)cc3ccc(O)cc32)cc1. The van der Waals surface area contributed by atoms with E-state index in [0.29, 0.717) is 58.5 Å². The van der Waals surface area contributed by atoms with Gasteiger partial charge in [-0.25, -0.2) is 0 Å². The topological polar surface area (TPSA) is 181 Å². The average Bonchev–Trinajstić information content (AvgIpc) is 3.69. The number of phenolic OH excluding ortho intramolecular Hbond substituents is 1. The fraction of sp³-hybridized carbons (Fsp3) is 0.302. The van der Waals surface area contributed by atoms with Crippen LogP contribution in [0.1, 0.15) is 56.0 Å². The summed E-state index contributed by atoms with van der Waals surface area (Å²) in [5, 5.41) is 37.8. The van der Waals surface area contributed by atoms with Crippen molar-refractivity contribution in [3.63, 3.8) is 0 Å². The summed E-state index contributed by atoms with van der Waals surface area (Å²) in [6, 6.07) is 21.8. The zero-order chi connectivity index (χ0) is 41.6. The smallest absolute Gasteiger partial charge is 0.308 e. The predicted molar refractivity (Wildman–Crippen MR) is 216 cm³/mol. The number of aromatic hydroxyl groups is 1.